The van der Waals surface area contributed by atoms with Gasteiger partial charge in [-0.3, -0.25) is 4.79 Å². The first-order valence-corrected chi connectivity index (χ1v) is 6.44. The van der Waals surface area contributed by atoms with E-state index >= 15 is 0 Å². The van der Waals surface area contributed by atoms with Crippen molar-refractivity contribution in [2.24, 2.45) is 0 Å². The van der Waals surface area contributed by atoms with Gasteiger partial charge in [-0.25, -0.2) is 0 Å². The third kappa shape index (κ3) is 2.53. The number of carbonyl (C=O) groups is 1. The van der Waals surface area contributed by atoms with Gasteiger partial charge in [0, 0.05) is 6.54 Å². The highest BCUT2D eigenvalue weighted by molar-refractivity contribution is 9.10. The van der Waals surface area contributed by atoms with Gasteiger partial charge in [0.15, 0.2) is 0 Å². The number of alkyl halides is 4. The zero-order valence-corrected chi connectivity index (χ0v) is 11.0. The first-order valence-electron chi connectivity index (χ1n) is 5.53. The number of carbonyl (C=O) groups excluding carboxylic acids is 1. The summed E-state index contributed by atoms with van der Waals surface area (Å²) < 4.78 is 38.6. The summed E-state index contributed by atoms with van der Waals surface area (Å²) in [4.78, 5) is 12.7. The average Bonchev–Trinajstić information content (AvgIpc) is 2.32. The highest BCUT2D eigenvalue weighted by atomic mass is 79.9. The lowest BCUT2D eigenvalue weighted by atomic mass is 10.1. The Hall–Kier alpha value is -1.04. The van der Waals surface area contributed by atoms with Gasteiger partial charge in [0.05, 0.1) is 16.1 Å². The Bertz CT molecular complexity index is 461. The van der Waals surface area contributed by atoms with Crippen LogP contribution in [-0.2, 0) is 11.0 Å². The van der Waals surface area contributed by atoms with Crippen LogP contribution in [0.5, 0.6) is 0 Å². The molecule has 2 rings (SSSR count). The zero-order chi connectivity index (χ0) is 13.3. The number of hydrogen-bond acceptors (Lipinski definition) is 1. The molecule has 1 fully saturated rings. The summed E-state index contributed by atoms with van der Waals surface area (Å²) in [5.41, 5.74) is -0.820. The van der Waals surface area contributed by atoms with E-state index in [4.69, 9.17) is 0 Å². The molecule has 1 unspecified atom stereocenters. The maximum Gasteiger partial charge on any atom is 0.418 e. The third-order valence-electron chi connectivity index (χ3n) is 2.87. The molecular formula is C12H11BrF3NO. The van der Waals surface area contributed by atoms with E-state index in [-0.39, 0.29) is 11.6 Å². The predicted molar refractivity (Wildman–Crippen MR) is 65.7 cm³/mol. The van der Waals surface area contributed by atoms with E-state index in [1.54, 1.807) is 0 Å². The molecule has 0 aliphatic carbocycles. The lowest BCUT2D eigenvalue weighted by Gasteiger charge is -2.31. The van der Waals surface area contributed by atoms with E-state index in [0.29, 0.717) is 19.4 Å². The second kappa shape index (κ2) is 4.91. The highest BCUT2D eigenvalue weighted by Gasteiger charge is 2.37. The molecular weight excluding hydrogens is 311 g/mol. The van der Waals surface area contributed by atoms with Crippen LogP contribution >= 0.6 is 15.9 Å². The van der Waals surface area contributed by atoms with E-state index in [9.17, 15) is 18.0 Å². The standard InChI is InChI=1S/C12H11BrF3NO/c13-9-5-3-7-17(11(9)18)10-6-2-1-4-8(10)12(14,15)16/h1-2,4,6,9H,3,5,7H2. The van der Waals surface area contributed by atoms with Crippen LogP contribution in [0, 0.1) is 0 Å². The van der Waals surface area contributed by atoms with Gasteiger partial charge >= 0.3 is 6.18 Å². The molecule has 1 aromatic carbocycles. The largest absolute Gasteiger partial charge is 0.418 e. The Labute approximate surface area is 111 Å². The van der Waals surface area contributed by atoms with Crippen LogP contribution in [-0.4, -0.2) is 17.3 Å². The van der Waals surface area contributed by atoms with Gasteiger partial charge in [-0.15, -0.1) is 0 Å². The van der Waals surface area contributed by atoms with Crippen LogP contribution in [0.4, 0.5) is 18.9 Å². The van der Waals surface area contributed by atoms with E-state index in [1.807, 2.05) is 0 Å². The molecule has 0 radical (unpaired) electrons. The minimum absolute atomic E-state index is 0.0563. The molecule has 6 heteroatoms. The summed E-state index contributed by atoms with van der Waals surface area (Å²) in [6.45, 7) is 0.327. The second-order valence-electron chi connectivity index (χ2n) is 4.11. The lowest BCUT2D eigenvalue weighted by Crippen LogP contribution is -2.42. The molecule has 1 amide bonds. The normalized spacial score (nSPS) is 21.2. The summed E-state index contributed by atoms with van der Waals surface area (Å²) >= 11 is 3.19. The number of hydrogen-bond donors (Lipinski definition) is 0. The van der Waals surface area contributed by atoms with E-state index in [2.05, 4.69) is 15.9 Å². The molecule has 1 saturated heterocycles. The third-order valence-corrected chi connectivity index (χ3v) is 3.72. The summed E-state index contributed by atoms with van der Waals surface area (Å²) in [5.74, 6) is -0.307. The molecule has 0 bridgehead atoms. The van der Waals surface area contributed by atoms with Crippen molar-refractivity contribution in [1.82, 2.24) is 0 Å². The molecule has 18 heavy (non-hydrogen) atoms. The molecule has 1 aliphatic heterocycles. The van der Waals surface area contributed by atoms with Crippen molar-refractivity contribution in [3.63, 3.8) is 0 Å². The summed E-state index contributed by atoms with van der Waals surface area (Å²) in [7, 11) is 0. The minimum Gasteiger partial charge on any atom is -0.311 e. The maximum atomic E-state index is 12.9. The van der Waals surface area contributed by atoms with Crippen LogP contribution in [0.2, 0.25) is 0 Å². The highest BCUT2D eigenvalue weighted by Crippen LogP contribution is 2.37. The van der Waals surface area contributed by atoms with Crippen molar-refractivity contribution in [2.75, 3.05) is 11.4 Å². The predicted octanol–water partition coefficient (Wildman–Crippen LogP) is 3.60. The van der Waals surface area contributed by atoms with Gasteiger partial charge in [-0.2, -0.15) is 13.2 Å². The van der Waals surface area contributed by atoms with Crippen LogP contribution in [0.1, 0.15) is 18.4 Å². The number of halogens is 4. The monoisotopic (exact) mass is 321 g/mol. The number of anilines is 1. The van der Waals surface area contributed by atoms with E-state index in [1.165, 1.54) is 23.1 Å². The number of nitrogens with zero attached hydrogens (tertiary/aromatic N) is 1. The maximum absolute atomic E-state index is 12.9. The molecule has 0 spiro atoms. The van der Waals surface area contributed by atoms with Gasteiger partial charge in [0.25, 0.3) is 0 Å². The summed E-state index contributed by atoms with van der Waals surface area (Å²) in [6.07, 6.45) is -3.10. The van der Waals surface area contributed by atoms with Crippen molar-refractivity contribution >= 4 is 27.5 Å². The molecule has 1 aromatic rings. The van der Waals surface area contributed by atoms with Gasteiger partial charge in [0.1, 0.15) is 0 Å². The molecule has 0 N–H and O–H groups in total. The lowest BCUT2D eigenvalue weighted by molar-refractivity contribution is -0.137. The van der Waals surface area contributed by atoms with Gasteiger partial charge in [0.2, 0.25) is 5.91 Å². The number of amides is 1. The topological polar surface area (TPSA) is 20.3 Å². The molecule has 0 saturated carbocycles. The molecule has 2 nitrogen and oxygen atoms in total. The molecule has 98 valence electrons. The first-order chi connectivity index (χ1) is 8.41. The fraction of sp³-hybridized carbons (Fsp3) is 0.417. The summed E-state index contributed by atoms with van der Waals surface area (Å²) in [5, 5.41) is 0. The molecule has 0 aromatic heterocycles. The van der Waals surface area contributed by atoms with Crippen LogP contribution in [0.3, 0.4) is 0 Å². The Kier molecular flexibility index (Phi) is 3.66. The molecule has 1 heterocycles. The van der Waals surface area contributed by atoms with Gasteiger partial charge < -0.3 is 4.90 Å². The van der Waals surface area contributed by atoms with Crippen LogP contribution in [0.25, 0.3) is 0 Å². The second-order valence-corrected chi connectivity index (χ2v) is 5.22. The Morgan fingerprint density at radius 1 is 1.28 bits per heavy atom. The first kappa shape index (κ1) is 13.4. The van der Waals surface area contributed by atoms with Crippen molar-refractivity contribution in [3.05, 3.63) is 29.8 Å². The van der Waals surface area contributed by atoms with E-state index < -0.39 is 16.6 Å². The van der Waals surface area contributed by atoms with Crippen molar-refractivity contribution < 1.29 is 18.0 Å². The Balaban J connectivity index is 2.42. The minimum atomic E-state index is -4.45. The van der Waals surface area contributed by atoms with Gasteiger partial charge in [-0.1, -0.05) is 28.1 Å². The number of piperidine rings is 1. The van der Waals surface area contributed by atoms with Crippen LogP contribution < -0.4 is 4.90 Å². The Morgan fingerprint density at radius 2 is 1.94 bits per heavy atom. The fourth-order valence-corrected chi connectivity index (χ4v) is 2.59. The van der Waals surface area contributed by atoms with Gasteiger partial charge in [-0.05, 0) is 25.0 Å². The smallest absolute Gasteiger partial charge is 0.311 e. The molecule has 1 aliphatic rings. The number of para-hydroxylation sites is 1. The average molecular weight is 322 g/mol. The van der Waals surface area contributed by atoms with Crippen LogP contribution in [0.15, 0.2) is 24.3 Å². The van der Waals surface area contributed by atoms with Crippen molar-refractivity contribution in [1.29, 1.82) is 0 Å². The zero-order valence-electron chi connectivity index (χ0n) is 9.38. The van der Waals surface area contributed by atoms with Crippen molar-refractivity contribution in [2.45, 2.75) is 23.8 Å². The Morgan fingerprint density at radius 3 is 2.61 bits per heavy atom. The van der Waals surface area contributed by atoms with E-state index in [0.717, 1.165) is 6.07 Å². The SMILES string of the molecule is O=C1C(Br)CCCN1c1ccccc1C(F)(F)F. The number of rotatable bonds is 1. The quantitative estimate of drug-likeness (QED) is 0.724. The number of benzene rings is 1. The van der Waals surface area contributed by atoms with Crippen molar-refractivity contribution in [3.8, 4) is 0 Å². The molecule has 1 atom stereocenters. The summed E-state index contributed by atoms with van der Waals surface area (Å²) in [6, 6.07) is 5.17. The fourth-order valence-electron chi connectivity index (χ4n) is 2.02.